The number of hydrogen-bond acceptors (Lipinski definition) is 8. The van der Waals surface area contributed by atoms with Gasteiger partial charge in [-0.2, -0.15) is 22.5 Å². The molecule has 1 N–H and O–H groups in total. The van der Waals surface area contributed by atoms with Gasteiger partial charge in [0.1, 0.15) is 0 Å². The molecule has 3 saturated heterocycles. The molecule has 3 fully saturated rings. The van der Waals surface area contributed by atoms with Gasteiger partial charge < -0.3 is 20.0 Å². The van der Waals surface area contributed by atoms with Crippen LogP contribution < -0.4 is 10.2 Å². The lowest BCUT2D eigenvalue weighted by molar-refractivity contribution is -0.144. The molecule has 4 heterocycles. The molecule has 160 valence electrons. The van der Waals surface area contributed by atoms with Crippen LogP contribution in [0.4, 0.5) is 18.3 Å². The Hall–Kier alpha value is -1.60. The van der Waals surface area contributed by atoms with Crippen LogP contribution in [0.25, 0.3) is 0 Å². The van der Waals surface area contributed by atoms with E-state index in [2.05, 4.69) is 14.7 Å². The smallest absolute Gasteiger partial charge is 0.343 e. The van der Waals surface area contributed by atoms with Crippen molar-refractivity contribution in [3.05, 3.63) is 5.82 Å². The second-order valence-corrected chi connectivity index (χ2v) is 9.05. The molecule has 3 aliphatic rings. The minimum Gasteiger partial charge on any atom is -0.343 e. The van der Waals surface area contributed by atoms with Gasteiger partial charge in [-0.05, 0) is 6.42 Å². The molecule has 3 aliphatic heterocycles. The minimum atomic E-state index is -4.55. The highest BCUT2D eigenvalue weighted by Crippen LogP contribution is 2.31. The monoisotopic (exact) mass is 450 g/mol. The summed E-state index contributed by atoms with van der Waals surface area (Å²) in [5, 5.41) is 3.40. The van der Waals surface area contributed by atoms with Crippen molar-refractivity contribution in [2.75, 3.05) is 55.8 Å². The Morgan fingerprint density at radius 2 is 1.83 bits per heavy atom. The number of amides is 2. The molecule has 4 rings (SSSR count). The minimum absolute atomic E-state index is 0.00325. The van der Waals surface area contributed by atoms with Crippen molar-refractivity contribution >= 4 is 40.2 Å². The Bertz CT molecular complexity index is 762. The van der Waals surface area contributed by atoms with Gasteiger partial charge in [0.15, 0.2) is 0 Å². The first-order valence-electron chi connectivity index (χ1n) is 9.37. The van der Waals surface area contributed by atoms with Crippen LogP contribution in [0, 0.1) is 5.92 Å². The van der Waals surface area contributed by atoms with E-state index in [0.717, 1.165) is 23.8 Å². The summed E-state index contributed by atoms with van der Waals surface area (Å²) in [6, 6.07) is -0.314. The lowest BCUT2D eigenvalue weighted by atomic mass is 10.0. The third-order valence-corrected chi connectivity index (χ3v) is 7.12. The Kier molecular flexibility index (Phi) is 5.89. The third-order valence-electron chi connectivity index (χ3n) is 5.37. The van der Waals surface area contributed by atoms with E-state index in [1.54, 1.807) is 21.6 Å². The number of carbonyl (C=O) groups excluding carboxylic acids is 2. The molecule has 0 aliphatic carbocycles. The summed E-state index contributed by atoms with van der Waals surface area (Å²) in [5.74, 6) is 0.344. The molecule has 0 saturated carbocycles. The lowest BCUT2D eigenvalue weighted by Crippen LogP contribution is -2.50. The molecular weight excluding hydrogens is 429 g/mol. The maximum Gasteiger partial charge on any atom is 0.452 e. The number of halogens is 3. The average molecular weight is 451 g/mol. The normalized spacial score (nSPS) is 25.7. The van der Waals surface area contributed by atoms with E-state index < -0.39 is 12.0 Å². The summed E-state index contributed by atoms with van der Waals surface area (Å²) in [4.78, 5) is 34.2. The number of rotatable bonds is 3. The van der Waals surface area contributed by atoms with Crippen LogP contribution in [0.3, 0.4) is 0 Å². The van der Waals surface area contributed by atoms with Gasteiger partial charge in [0.2, 0.25) is 22.8 Å². The molecule has 1 aromatic heterocycles. The molecule has 2 atom stereocenters. The first kappa shape index (κ1) is 20.7. The fourth-order valence-electron chi connectivity index (χ4n) is 3.76. The Labute approximate surface area is 174 Å². The van der Waals surface area contributed by atoms with Crippen molar-refractivity contribution in [1.82, 2.24) is 24.5 Å². The van der Waals surface area contributed by atoms with Crippen LogP contribution in [0.1, 0.15) is 12.2 Å². The average Bonchev–Trinajstić information content (AvgIpc) is 3.48. The van der Waals surface area contributed by atoms with Gasteiger partial charge in [-0.15, -0.1) is 11.8 Å². The van der Waals surface area contributed by atoms with Gasteiger partial charge in [-0.25, -0.2) is 0 Å². The van der Waals surface area contributed by atoms with Crippen LogP contribution in [0.2, 0.25) is 0 Å². The Balaban J connectivity index is 1.28. The lowest BCUT2D eigenvalue weighted by Gasteiger charge is -2.35. The zero-order valence-electron chi connectivity index (χ0n) is 15.5. The number of aromatic nitrogens is 2. The standard InChI is InChI=1S/C16H21F3N6O2S2/c17-16(18,19)14-21-15(29-22-14)24-3-1-23(2-4-24)12(26)10-7-11(20-8-10)13(27)25-5-6-28-9-25/h10-11,20H,1-9H2/t10-,11-/m0/s1. The van der Waals surface area contributed by atoms with Crippen molar-refractivity contribution < 1.29 is 22.8 Å². The van der Waals surface area contributed by atoms with Crippen LogP contribution in [-0.4, -0.2) is 87.9 Å². The van der Waals surface area contributed by atoms with E-state index in [1.165, 1.54) is 0 Å². The van der Waals surface area contributed by atoms with E-state index in [4.69, 9.17) is 0 Å². The maximum absolute atomic E-state index is 12.8. The second-order valence-electron chi connectivity index (χ2n) is 7.24. The van der Waals surface area contributed by atoms with E-state index >= 15 is 0 Å². The highest BCUT2D eigenvalue weighted by Gasteiger charge is 2.39. The van der Waals surface area contributed by atoms with Gasteiger partial charge in [0.25, 0.3) is 0 Å². The topological polar surface area (TPSA) is 81.7 Å². The van der Waals surface area contributed by atoms with Crippen LogP contribution in [-0.2, 0) is 15.8 Å². The predicted molar refractivity (Wildman–Crippen MR) is 103 cm³/mol. The summed E-state index contributed by atoms with van der Waals surface area (Å²) in [5.41, 5.74) is 0. The van der Waals surface area contributed by atoms with Gasteiger partial charge >= 0.3 is 6.18 Å². The highest BCUT2D eigenvalue weighted by atomic mass is 32.2. The van der Waals surface area contributed by atoms with Gasteiger partial charge in [-0.3, -0.25) is 9.59 Å². The summed E-state index contributed by atoms with van der Waals surface area (Å²) in [6.07, 6.45) is -4.06. The maximum atomic E-state index is 12.8. The first-order chi connectivity index (χ1) is 13.8. The quantitative estimate of drug-likeness (QED) is 0.727. The predicted octanol–water partition coefficient (Wildman–Crippen LogP) is 0.716. The molecule has 29 heavy (non-hydrogen) atoms. The Morgan fingerprint density at radius 3 is 2.45 bits per heavy atom. The SMILES string of the molecule is O=C([C@@H]1CN[C@H](C(=O)N2CCSC2)C1)N1CCN(c2nc(C(F)(F)F)ns2)CC1. The number of hydrogen-bond donors (Lipinski definition) is 1. The number of nitrogens with one attached hydrogen (secondary N) is 1. The van der Waals surface area contributed by atoms with Crippen molar-refractivity contribution in [1.29, 1.82) is 0 Å². The molecule has 8 nitrogen and oxygen atoms in total. The van der Waals surface area contributed by atoms with Crippen molar-refractivity contribution in [3.8, 4) is 0 Å². The highest BCUT2D eigenvalue weighted by molar-refractivity contribution is 7.99. The molecule has 0 aromatic carbocycles. The summed E-state index contributed by atoms with van der Waals surface area (Å²) >= 11 is 2.45. The second kappa shape index (κ2) is 8.26. The van der Waals surface area contributed by atoms with Gasteiger partial charge in [0, 0.05) is 56.6 Å². The fourth-order valence-corrected chi connectivity index (χ4v) is 5.45. The molecule has 2 amide bonds. The van der Waals surface area contributed by atoms with Crippen LogP contribution >= 0.6 is 23.3 Å². The van der Waals surface area contributed by atoms with Crippen molar-refractivity contribution in [2.24, 2.45) is 5.92 Å². The van der Waals surface area contributed by atoms with Crippen LogP contribution in [0.15, 0.2) is 0 Å². The van der Waals surface area contributed by atoms with Gasteiger partial charge in [-0.1, -0.05) is 0 Å². The number of piperazine rings is 1. The zero-order valence-corrected chi connectivity index (χ0v) is 17.2. The van der Waals surface area contributed by atoms with Crippen molar-refractivity contribution in [2.45, 2.75) is 18.6 Å². The van der Waals surface area contributed by atoms with E-state index in [9.17, 15) is 22.8 Å². The summed E-state index contributed by atoms with van der Waals surface area (Å²) in [7, 11) is 0. The fraction of sp³-hybridized carbons (Fsp3) is 0.750. The molecular formula is C16H21F3N6O2S2. The molecule has 0 radical (unpaired) electrons. The number of thioether (sulfide) groups is 1. The first-order valence-corrected chi connectivity index (χ1v) is 11.3. The van der Waals surface area contributed by atoms with E-state index in [0.29, 0.717) is 45.0 Å². The van der Waals surface area contributed by atoms with E-state index in [1.807, 2.05) is 4.90 Å². The molecule has 1 aromatic rings. The number of alkyl halides is 3. The largest absolute Gasteiger partial charge is 0.452 e. The molecule has 0 spiro atoms. The van der Waals surface area contributed by atoms with Crippen LogP contribution in [0.5, 0.6) is 0 Å². The Morgan fingerprint density at radius 1 is 1.07 bits per heavy atom. The number of carbonyl (C=O) groups is 2. The number of anilines is 1. The summed E-state index contributed by atoms with van der Waals surface area (Å²) < 4.78 is 41.4. The number of nitrogens with zero attached hydrogens (tertiary/aromatic N) is 5. The summed E-state index contributed by atoms with van der Waals surface area (Å²) in [6.45, 7) is 2.87. The van der Waals surface area contributed by atoms with Gasteiger partial charge in [0.05, 0.1) is 17.8 Å². The third kappa shape index (κ3) is 4.45. The molecule has 13 heteroatoms. The molecule has 0 unspecified atom stereocenters. The molecule has 0 bridgehead atoms. The van der Waals surface area contributed by atoms with E-state index in [-0.39, 0.29) is 28.9 Å². The zero-order chi connectivity index (χ0) is 20.6. The van der Waals surface area contributed by atoms with Crippen molar-refractivity contribution in [3.63, 3.8) is 0 Å².